The van der Waals surface area contributed by atoms with E-state index in [1.165, 1.54) is 24.3 Å². The summed E-state index contributed by atoms with van der Waals surface area (Å²) in [6.07, 6.45) is 0.641. The van der Waals surface area contributed by atoms with E-state index in [0.717, 1.165) is 11.1 Å². The van der Waals surface area contributed by atoms with E-state index >= 15 is 0 Å². The molecule has 3 rings (SSSR count). The van der Waals surface area contributed by atoms with Crippen LogP contribution in [0.1, 0.15) is 37.4 Å². The zero-order valence-electron chi connectivity index (χ0n) is 18.3. The zero-order chi connectivity index (χ0) is 23.3. The van der Waals surface area contributed by atoms with Gasteiger partial charge >= 0.3 is 12.0 Å². The summed E-state index contributed by atoms with van der Waals surface area (Å²) in [6.45, 7) is 5.58. The first-order valence-corrected chi connectivity index (χ1v) is 10.8. The Hall–Kier alpha value is -3.00. The molecule has 0 radical (unpaired) electrons. The fourth-order valence-corrected chi connectivity index (χ4v) is 3.99. The third-order valence-electron chi connectivity index (χ3n) is 6.10. The van der Waals surface area contributed by atoms with Crippen LogP contribution >= 0.6 is 0 Å². The van der Waals surface area contributed by atoms with Crippen molar-refractivity contribution in [3.63, 3.8) is 0 Å². The number of carbonyl (C=O) groups excluding carboxylic acids is 1. The molecule has 1 fully saturated rings. The molecule has 0 saturated carbocycles. The van der Waals surface area contributed by atoms with Crippen molar-refractivity contribution in [3.8, 4) is 0 Å². The number of hydrogen-bond acceptors (Lipinski definition) is 3. The lowest BCUT2D eigenvalue weighted by Gasteiger charge is -2.40. The number of benzene rings is 2. The molecule has 0 aromatic heterocycles. The van der Waals surface area contributed by atoms with Gasteiger partial charge in [-0.2, -0.15) is 0 Å². The van der Waals surface area contributed by atoms with E-state index in [0.29, 0.717) is 32.6 Å². The molecule has 1 aliphatic rings. The van der Waals surface area contributed by atoms with Crippen LogP contribution in [0.5, 0.6) is 0 Å². The molecule has 172 valence electrons. The number of piperazine rings is 1. The van der Waals surface area contributed by atoms with Crippen molar-refractivity contribution in [2.75, 3.05) is 26.2 Å². The first-order chi connectivity index (χ1) is 15.3. The van der Waals surface area contributed by atoms with Gasteiger partial charge < -0.3 is 15.3 Å². The first kappa shape index (κ1) is 23.7. The van der Waals surface area contributed by atoms with Gasteiger partial charge in [-0.3, -0.25) is 4.90 Å². The second-order valence-electron chi connectivity index (χ2n) is 8.18. The highest BCUT2D eigenvalue weighted by molar-refractivity contribution is 5.82. The molecular weight excluding hydrogens is 416 g/mol. The molecule has 0 bridgehead atoms. The van der Waals surface area contributed by atoms with Gasteiger partial charge in [-0.15, -0.1) is 0 Å². The number of halogens is 2. The Labute approximate surface area is 186 Å². The van der Waals surface area contributed by atoms with Crippen LogP contribution in [0.3, 0.4) is 0 Å². The maximum absolute atomic E-state index is 13.5. The quantitative estimate of drug-likeness (QED) is 0.679. The van der Waals surface area contributed by atoms with E-state index < -0.39 is 18.0 Å². The lowest BCUT2D eigenvalue weighted by atomic mass is 9.96. The number of carbonyl (C=O) groups is 2. The molecule has 1 aliphatic heterocycles. The zero-order valence-corrected chi connectivity index (χ0v) is 18.3. The summed E-state index contributed by atoms with van der Waals surface area (Å²) in [4.78, 5) is 28.0. The summed E-state index contributed by atoms with van der Waals surface area (Å²) < 4.78 is 27.0. The maximum Gasteiger partial charge on any atom is 0.326 e. The van der Waals surface area contributed by atoms with Crippen LogP contribution in [0.4, 0.5) is 13.6 Å². The van der Waals surface area contributed by atoms with Crippen LogP contribution in [-0.2, 0) is 4.79 Å². The minimum atomic E-state index is -1.04. The molecule has 2 amide bonds. The Balaban J connectivity index is 1.72. The van der Waals surface area contributed by atoms with Gasteiger partial charge in [-0.1, -0.05) is 44.5 Å². The third kappa shape index (κ3) is 5.62. The second-order valence-corrected chi connectivity index (χ2v) is 8.18. The number of aliphatic carboxylic acids is 1. The van der Waals surface area contributed by atoms with Crippen LogP contribution in [0.25, 0.3) is 0 Å². The SMILES string of the molecule is CCC(C)[C@H](NC(=O)N1CCN(C(c2ccc(F)cc2)c2ccc(F)cc2)CC1)C(=O)O. The lowest BCUT2D eigenvalue weighted by molar-refractivity contribution is -0.140. The average molecular weight is 446 g/mol. The van der Waals surface area contributed by atoms with Crippen LogP contribution in [0, 0.1) is 17.6 Å². The number of rotatable bonds is 7. The maximum atomic E-state index is 13.5. The lowest BCUT2D eigenvalue weighted by Crippen LogP contribution is -2.56. The van der Waals surface area contributed by atoms with E-state index in [4.69, 9.17) is 0 Å². The molecule has 2 atom stereocenters. The van der Waals surface area contributed by atoms with Gasteiger partial charge in [0.05, 0.1) is 6.04 Å². The molecule has 1 heterocycles. The molecule has 1 unspecified atom stereocenters. The predicted octanol–water partition coefficient (Wildman–Crippen LogP) is 3.88. The summed E-state index contributed by atoms with van der Waals surface area (Å²) >= 11 is 0. The van der Waals surface area contributed by atoms with E-state index in [1.54, 1.807) is 36.1 Å². The highest BCUT2D eigenvalue weighted by Gasteiger charge is 2.31. The second kappa shape index (κ2) is 10.5. The van der Waals surface area contributed by atoms with Gasteiger partial charge in [0.15, 0.2) is 0 Å². The van der Waals surface area contributed by atoms with Crippen molar-refractivity contribution < 1.29 is 23.5 Å². The van der Waals surface area contributed by atoms with Gasteiger partial charge in [0.25, 0.3) is 0 Å². The fourth-order valence-electron chi connectivity index (χ4n) is 3.99. The van der Waals surface area contributed by atoms with Crippen LogP contribution in [0.2, 0.25) is 0 Å². The normalized spacial score (nSPS) is 16.6. The smallest absolute Gasteiger partial charge is 0.326 e. The molecule has 6 nitrogen and oxygen atoms in total. The molecule has 32 heavy (non-hydrogen) atoms. The monoisotopic (exact) mass is 445 g/mol. The van der Waals surface area contributed by atoms with Gasteiger partial charge in [-0.05, 0) is 41.3 Å². The van der Waals surface area contributed by atoms with Crippen molar-refractivity contribution in [1.29, 1.82) is 0 Å². The molecule has 8 heteroatoms. The number of carboxylic acid groups (broad SMARTS) is 1. The molecule has 2 aromatic carbocycles. The molecule has 0 aliphatic carbocycles. The number of urea groups is 1. The van der Waals surface area contributed by atoms with Gasteiger partial charge in [0.2, 0.25) is 0 Å². The van der Waals surface area contributed by atoms with E-state index in [-0.39, 0.29) is 23.6 Å². The van der Waals surface area contributed by atoms with E-state index in [2.05, 4.69) is 10.2 Å². The van der Waals surface area contributed by atoms with Gasteiger partial charge in [-0.25, -0.2) is 18.4 Å². The van der Waals surface area contributed by atoms with Crippen molar-refractivity contribution in [3.05, 3.63) is 71.3 Å². The predicted molar refractivity (Wildman–Crippen MR) is 117 cm³/mol. The summed E-state index contributed by atoms with van der Waals surface area (Å²) in [7, 11) is 0. The standard InChI is InChI=1S/C24H29F2N3O3/c1-3-16(2)21(23(30)31)27-24(32)29-14-12-28(13-15-29)22(17-4-8-19(25)9-5-17)18-6-10-20(26)11-7-18/h4-11,16,21-22H,3,12-15H2,1-2H3,(H,27,32)(H,30,31)/t16?,21-/m0/s1. The Morgan fingerprint density at radius 3 is 1.81 bits per heavy atom. The van der Waals surface area contributed by atoms with Crippen molar-refractivity contribution in [2.24, 2.45) is 5.92 Å². The minimum absolute atomic E-state index is 0.181. The van der Waals surface area contributed by atoms with E-state index in [1.807, 2.05) is 6.92 Å². The van der Waals surface area contributed by atoms with Crippen molar-refractivity contribution in [1.82, 2.24) is 15.1 Å². The third-order valence-corrected chi connectivity index (χ3v) is 6.10. The van der Waals surface area contributed by atoms with E-state index in [9.17, 15) is 23.5 Å². The number of nitrogens with one attached hydrogen (secondary N) is 1. The number of nitrogens with zero attached hydrogens (tertiary/aromatic N) is 2. The topological polar surface area (TPSA) is 72.9 Å². The van der Waals surface area contributed by atoms with Crippen molar-refractivity contribution >= 4 is 12.0 Å². The Bertz CT molecular complexity index is 868. The number of carboxylic acids is 1. The first-order valence-electron chi connectivity index (χ1n) is 10.8. The van der Waals surface area contributed by atoms with Crippen LogP contribution < -0.4 is 5.32 Å². The summed E-state index contributed by atoms with van der Waals surface area (Å²) in [5.74, 6) is -1.89. The molecule has 1 saturated heterocycles. The Kier molecular flexibility index (Phi) is 7.80. The highest BCUT2D eigenvalue weighted by Crippen LogP contribution is 2.30. The Morgan fingerprint density at radius 1 is 0.938 bits per heavy atom. The molecular formula is C24H29F2N3O3. The summed E-state index contributed by atoms with van der Waals surface area (Å²) in [5, 5.41) is 12.1. The minimum Gasteiger partial charge on any atom is -0.480 e. The average Bonchev–Trinajstić information content (AvgIpc) is 2.79. The fraction of sp³-hybridized carbons (Fsp3) is 0.417. The van der Waals surface area contributed by atoms with Gasteiger partial charge in [0, 0.05) is 26.2 Å². The Morgan fingerprint density at radius 2 is 1.41 bits per heavy atom. The van der Waals surface area contributed by atoms with Crippen LogP contribution in [-0.4, -0.2) is 59.1 Å². The summed E-state index contributed by atoms with van der Waals surface area (Å²) in [6, 6.07) is 10.9. The highest BCUT2D eigenvalue weighted by atomic mass is 19.1. The largest absolute Gasteiger partial charge is 0.480 e. The molecule has 2 aromatic rings. The van der Waals surface area contributed by atoms with Gasteiger partial charge in [0.1, 0.15) is 17.7 Å². The number of amides is 2. The van der Waals surface area contributed by atoms with Crippen molar-refractivity contribution in [2.45, 2.75) is 32.4 Å². The number of hydrogen-bond donors (Lipinski definition) is 2. The molecule has 2 N–H and O–H groups in total. The molecule has 0 spiro atoms. The summed E-state index contributed by atoms with van der Waals surface area (Å²) in [5.41, 5.74) is 1.75. The van der Waals surface area contributed by atoms with Crippen LogP contribution in [0.15, 0.2) is 48.5 Å².